The van der Waals surface area contributed by atoms with Gasteiger partial charge in [-0.2, -0.15) is 0 Å². The van der Waals surface area contributed by atoms with E-state index in [2.05, 4.69) is 5.32 Å². The van der Waals surface area contributed by atoms with Crippen molar-refractivity contribution < 1.29 is 14.3 Å². The summed E-state index contributed by atoms with van der Waals surface area (Å²) in [5.74, 6) is -0.595. The molecule has 3 nitrogen and oxygen atoms in total. The van der Waals surface area contributed by atoms with E-state index in [1.54, 1.807) is 18.2 Å². The van der Waals surface area contributed by atoms with Crippen LogP contribution in [-0.2, 0) is 4.79 Å². The van der Waals surface area contributed by atoms with E-state index < -0.39 is 5.54 Å². The van der Waals surface area contributed by atoms with Crippen LogP contribution in [0.3, 0.4) is 0 Å². The lowest BCUT2D eigenvalue weighted by atomic mass is 10.2. The van der Waals surface area contributed by atoms with E-state index in [4.69, 9.17) is 5.11 Å². The molecular formula is C13H14FNO2. The number of rotatable bonds is 4. The summed E-state index contributed by atoms with van der Waals surface area (Å²) < 4.78 is 12.9. The third-order valence-corrected chi connectivity index (χ3v) is 2.82. The highest BCUT2D eigenvalue weighted by atomic mass is 19.1. The third kappa shape index (κ3) is 3.14. The lowest BCUT2D eigenvalue weighted by Gasteiger charge is -2.11. The number of amides is 1. The maximum absolute atomic E-state index is 12.9. The number of benzene rings is 1. The highest BCUT2D eigenvalue weighted by Gasteiger charge is 2.42. The van der Waals surface area contributed by atoms with E-state index >= 15 is 0 Å². The van der Waals surface area contributed by atoms with Crippen LogP contribution in [0.4, 0.5) is 4.39 Å². The Labute approximate surface area is 99.0 Å². The number of halogens is 1. The van der Waals surface area contributed by atoms with Gasteiger partial charge in [0.1, 0.15) is 5.82 Å². The van der Waals surface area contributed by atoms with Crippen LogP contribution in [0.15, 0.2) is 30.3 Å². The Morgan fingerprint density at radius 3 is 2.88 bits per heavy atom. The second kappa shape index (κ2) is 4.67. The molecule has 4 heteroatoms. The highest BCUT2D eigenvalue weighted by molar-refractivity contribution is 5.92. The molecule has 1 aromatic carbocycles. The number of hydrogen-bond acceptors (Lipinski definition) is 2. The van der Waals surface area contributed by atoms with E-state index in [-0.39, 0.29) is 18.3 Å². The average molecular weight is 235 g/mol. The first-order valence-corrected chi connectivity index (χ1v) is 5.50. The fourth-order valence-electron chi connectivity index (χ4n) is 1.56. The van der Waals surface area contributed by atoms with Gasteiger partial charge in [-0.1, -0.05) is 12.1 Å². The van der Waals surface area contributed by atoms with Gasteiger partial charge in [0.2, 0.25) is 5.91 Å². The molecule has 1 aromatic rings. The van der Waals surface area contributed by atoms with Crippen molar-refractivity contribution in [2.24, 2.45) is 0 Å². The number of nitrogens with one attached hydrogen (secondary N) is 1. The van der Waals surface area contributed by atoms with Crippen molar-refractivity contribution >= 4 is 12.0 Å². The van der Waals surface area contributed by atoms with Gasteiger partial charge in [0, 0.05) is 6.08 Å². The molecule has 90 valence electrons. The minimum absolute atomic E-state index is 0.0352. The molecule has 17 heavy (non-hydrogen) atoms. The summed E-state index contributed by atoms with van der Waals surface area (Å²) in [5, 5.41) is 11.8. The zero-order valence-electron chi connectivity index (χ0n) is 9.32. The van der Waals surface area contributed by atoms with Crippen LogP contribution in [0.2, 0.25) is 0 Å². The monoisotopic (exact) mass is 235 g/mol. The van der Waals surface area contributed by atoms with Gasteiger partial charge in [0.25, 0.3) is 0 Å². The summed E-state index contributed by atoms with van der Waals surface area (Å²) in [5.41, 5.74) is 0.220. The van der Waals surface area contributed by atoms with E-state index in [9.17, 15) is 9.18 Å². The predicted octanol–water partition coefficient (Wildman–Crippen LogP) is 1.48. The fourth-order valence-corrected chi connectivity index (χ4v) is 1.56. The van der Waals surface area contributed by atoms with Crippen LogP contribution in [0.25, 0.3) is 6.08 Å². The van der Waals surface area contributed by atoms with Gasteiger partial charge in [0.05, 0.1) is 12.1 Å². The summed E-state index contributed by atoms with van der Waals surface area (Å²) in [7, 11) is 0. The Hall–Kier alpha value is -1.68. The van der Waals surface area contributed by atoms with Gasteiger partial charge in [0.15, 0.2) is 0 Å². The third-order valence-electron chi connectivity index (χ3n) is 2.82. The van der Waals surface area contributed by atoms with Crippen molar-refractivity contribution in [3.8, 4) is 0 Å². The zero-order valence-corrected chi connectivity index (χ0v) is 9.32. The molecule has 0 bridgehead atoms. The molecule has 1 aliphatic carbocycles. The molecular weight excluding hydrogens is 221 g/mol. The summed E-state index contributed by atoms with van der Waals surface area (Å²) in [4.78, 5) is 11.5. The average Bonchev–Trinajstić information content (AvgIpc) is 3.07. The summed E-state index contributed by atoms with van der Waals surface area (Å²) in [6.45, 7) is -0.0352. The molecule has 0 atom stereocenters. The smallest absolute Gasteiger partial charge is 0.244 e. The van der Waals surface area contributed by atoms with Crippen molar-refractivity contribution in [3.63, 3.8) is 0 Å². The highest BCUT2D eigenvalue weighted by Crippen LogP contribution is 2.34. The van der Waals surface area contributed by atoms with Crippen molar-refractivity contribution in [2.75, 3.05) is 6.61 Å². The molecule has 2 rings (SSSR count). The lowest BCUT2D eigenvalue weighted by Crippen LogP contribution is -2.38. The quantitative estimate of drug-likeness (QED) is 0.777. The molecule has 0 heterocycles. The molecule has 0 radical (unpaired) electrons. The van der Waals surface area contributed by atoms with Crippen LogP contribution in [0.1, 0.15) is 18.4 Å². The minimum atomic E-state index is -0.413. The summed E-state index contributed by atoms with van der Waals surface area (Å²) in [6, 6.07) is 6.00. The van der Waals surface area contributed by atoms with Gasteiger partial charge >= 0.3 is 0 Å². The number of carbonyl (C=O) groups is 1. The maximum atomic E-state index is 12.9. The minimum Gasteiger partial charge on any atom is -0.394 e. The molecule has 2 N–H and O–H groups in total. The maximum Gasteiger partial charge on any atom is 0.244 e. The molecule has 0 unspecified atom stereocenters. The van der Waals surface area contributed by atoms with Crippen molar-refractivity contribution in [1.82, 2.24) is 5.32 Å². The molecule has 0 saturated heterocycles. The van der Waals surface area contributed by atoms with Gasteiger partial charge in [-0.15, -0.1) is 0 Å². The van der Waals surface area contributed by atoms with Gasteiger partial charge in [-0.05, 0) is 36.6 Å². The molecule has 1 saturated carbocycles. The molecule has 0 spiro atoms. The Morgan fingerprint density at radius 2 is 2.29 bits per heavy atom. The molecule has 1 fully saturated rings. The SMILES string of the molecule is O=C(/C=C/c1cccc(F)c1)NC1(CO)CC1. The topological polar surface area (TPSA) is 49.3 Å². The van der Waals surface area contributed by atoms with Crippen LogP contribution in [0, 0.1) is 5.82 Å². The van der Waals surface area contributed by atoms with Crippen LogP contribution >= 0.6 is 0 Å². The molecule has 0 aliphatic heterocycles. The van der Waals surface area contributed by atoms with Crippen LogP contribution in [-0.4, -0.2) is 23.2 Å². The standard InChI is InChI=1S/C13H14FNO2/c14-11-3-1-2-10(8-11)4-5-12(17)15-13(9-16)6-7-13/h1-5,8,16H,6-7,9H2,(H,15,17)/b5-4+. The first-order chi connectivity index (χ1) is 8.13. The van der Waals surface area contributed by atoms with Gasteiger partial charge in [-0.25, -0.2) is 4.39 Å². The Morgan fingerprint density at radius 1 is 1.53 bits per heavy atom. The zero-order chi connectivity index (χ0) is 12.3. The second-order valence-electron chi connectivity index (χ2n) is 4.32. The van der Waals surface area contributed by atoms with Crippen LogP contribution in [0.5, 0.6) is 0 Å². The van der Waals surface area contributed by atoms with Crippen LogP contribution < -0.4 is 5.32 Å². The van der Waals surface area contributed by atoms with Gasteiger partial charge in [-0.3, -0.25) is 4.79 Å². The summed E-state index contributed by atoms with van der Waals surface area (Å²) in [6.07, 6.45) is 4.52. The molecule has 0 aromatic heterocycles. The van der Waals surface area contributed by atoms with E-state index in [0.717, 1.165) is 12.8 Å². The predicted molar refractivity (Wildman–Crippen MR) is 62.6 cm³/mol. The summed E-state index contributed by atoms with van der Waals surface area (Å²) >= 11 is 0. The van der Waals surface area contributed by atoms with Crippen molar-refractivity contribution in [2.45, 2.75) is 18.4 Å². The number of hydrogen-bond donors (Lipinski definition) is 2. The second-order valence-corrected chi connectivity index (χ2v) is 4.32. The normalized spacial score (nSPS) is 17.1. The van der Waals surface area contributed by atoms with Gasteiger partial charge < -0.3 is 10.4 Å². The Bertz CT molecular complexity index is 452. The van der Waals surface area contributed by atoms with E-state index in [1.165, 1.54) is 18.2 Å². The van der Waals surface area contributed by atoms with E-state index in [0.29, 0.717) is 5.56 Å². The van der Waals surface area contributed by atoms with E-state index in [1.807, 2.05) is 0 Å². The van der Waals surface area contributed by atoms with Crippen molar-refractivity contribution in [1.29, 1.82) is 0 Å². The molecule has 1 amide bonds. The fraction of sp³-hybridized carbons (Fsp3) is 0.308. The Balaban J connectivity index is 1.94. The first-order valence-electron chi connectivity index (χ1n) is 5.50. The number of carbonyl (C=O) groups excluding carboxylic acids is 1. The van der Waals surface area contributed by atoms with Crippen molar-refractivity contribution in [3.05, 3.63) is 41.7 Å². The first kappa shape index (κ1) is 11.8. The molecule has 1 aliphatic rings. The Kier molecular flexibility index (Phi) is 3.24. The number of aliphatic hydroxyl groups excluding tert-OH is 1. The lowest BCUT2D eigenvalue weighted by molar-refractivity contribution is -0.117. The largest absolute Gasteiger partial charge is 0.394 e. The number of aliphatic hydroxyl groups is 1.